The van der Waals surface area contributed by atoms with Gasteiger partial charge in [-0.3, -0.25) is 4.90 Å². The molecule has 0 heterocycles. The molecule has 0 aromatic rings. The van der Waals surface area contributed by atoms with E-state index in [1.54, 1.807) is 0 Å². The minimum atomic E-state index is -2.76. The van der Waals surface area contributed by atoms with Gasteiger partial charge in [-0.2, -0.15) is 8.78 Å². The van der Waals surface area contributed by atoms with Gasteiger partial charge < -0.3 is 0 Å². The number of urea groups is 1. The number of carbonyl (C=O) groups excluding carboxylic acids is 1. The Morgan fingerprint density at radius 2 is 2.11 bits per heavy atom. The molecular formula is C4H7F2N2O. The molecule has 0 saturated carbocycles. The Morgan fingerprint density at radius 3 is 2.22 bits per heavy atom. The lowest BCUT2D eigenvalue weighted by molar-refractivity contribution is 0.0177. The molecule has 0 aromatic heterocycles. The van der Waals surface area contributed by atoms with Crippen molar-refractivity contribution in [3.63, 3.8) is 0 Å². The lowest BCUT2D eigenvalue weighted by atomic mass is 10.8. The highest BCUT2D eigenvalue weighted by molar-refractivity contribution is 5.73. The predicted molar refractivity (Wildman–Crippen MR) is 27.2 cm³/mol. The van der Waals surface area contributed by atoms with Crippen LogP contribution in [0.15, 0.2) is 0 Å². The number of hydrogen-bond donors (Lipinski definition) is 0. The first-order valence-electron chi connectivity index (χ1n) is 2.24. The van der Waals surface area contributed by atoms with Gasteiger partial charge in [0.05, 0.1) is 0 Å². The number of rotatable bonds is 1. The summed E-state index contributed by atoms with van der Waals surface area (Å²) in [6, 6.07) is -0.912. The molecule has 0 bridgehead atoms. The largest absolute Gasteiger partial charge is 0.342 e. The second-order valence-corrected chi connectivity index (χ2v) is 1.39. The van der Waals surface area contributed by atoms with Crippen molar-refractivity contribution in [1.29, 1.82) is 0 Å². The molecule has 0 unspecified atom stereocenters. The van der Waals surface area contributed by atoms with E-state index in [1.807, 2.05) is 0 Å². The number of alkyl halides is 2. The molecule has 0 aromatic carbocycles. The van der Waals surface area contributed by atoms with E-state index in [-0.39, 0.29) is 4.90 Å². The molecule has 2 amide bonds. The van der Waals surface area contributed by atoms with Crippen LogP contribution in [0.3, 0.4) is 0 Å². The van der Waals surface area contributed by atoms with E-state index in [4.69, 9.17) is 0 Å². The molecule has 3 nitrogen and oxygen atoms in total. The van der Waals surface area contributed by atoms with Gasteiger partial charge in [0, 0.05) is 14.1 Å². The third-order valence-electron chi connectivity index (χ3n) is 0.786. The Hall–Kier alpha value is -0.870. The smallest absolute Gasteiger partial charge is 0.269 e. The summed E-state index contributed by atoms with van der Waals surface area (Å²) >= 11 is 0. The first-order chi connectivity index (χ1) is 4.09. The molecule has 0 atom stereocenters. The van der Waals surface area contributed by atoms with E-state index in [0.717, 1.165) is 7.05 Å². The average molecular weight is 137 g/mol. The fourth-order valence-electron chi connectivity index (χ4n) is 0.241. The highest BCUT2D eigenvalue weighted by Gasteiger charge is 2.15. The van der Waals surface area contributed by atoms with E-state index < -0.39 is 12.6 Å². The summed E-state index contributed by atoms with van der Waals surface area (Å²) in [5, 5.41) is 3.02. The third-order valence-corrected chi connectivity index (χ3v) is 0.786. The second-order valence-electron chi connectivity index (χ2n) is 1.39. The van der Waals surface area contributed by atoms with Crippen LogP contribution in [0.4, 0.5) is 13.6 Å². The van der Waals surface area contributed by atoms with Crippen molar-refractivity contribution in [3.05, 3.63) is 0 Å². The lowest BCUT2D eigenvalue weighted by Crippen LogP contribution is -2.34. The highest BCUT2D eigenvalue weighted by Crippen LogP contribution is 1.98. The van der Waals surface area contributed by atoms with Crippen molar-refractivity contribution >= 4 is 6.03 Å². The van der Waals surface area contributed by atoms with Crippen LogP contribution >= 0.6 is 0 Å². The highest BCUT2D eigenvalue weighted by atomic mass is 19.3. The molecule has 9 heavy (non-hydrogen) atoms. The quantitative estimate of drug-likeness (QED) is 0.484. The van der Waals surface area contributed by atoms with Crippen molar-refractivity contribution in [2.24, 2.45) is 0 Å². The maximum Gasteiger partial charge on any atom is 0.342 e. The summed E-state index contributed by atoms with van der Waals surface area (Å²) in [4.78, 5) is 10.5. The number of halogens is 2. The van der Waals surface area contributed by atoms with Gasteiger partial charge in [0.15, 0.2) is 0 Å². The Bertz CT molecular complexity index is 107. The Balaban J connectivity index is 3.72. The maximum absolute atomic E-state index is 11.5. The topological polar surface area (TPSA) is 34.4 Å². The Kier molecular flexibility index (Phi) is 2.90. The number of carbonyl (C=O) groups is 1. The van der Waals surface area contributed by atoms with Crippen LogP contribution in [0, 0.1) is 0 Å². The third kappa shape index (κ3) is 2.25. The van der Waals surface area contributed by atoms with Crippen molar-refractivity contribution in [3.8, 4) is 0 Å². The molecule has 0 aliphatic heterocycles. The summed E-state index contributed by atoms with van der Waals surface area (Å²) in [6.45, 7) is -2.76. The zero-order valence-corrected chi connectivity index (χ0v) is 5.14. The molecule has 0 saturated heterocycles. The van der Waals surface area contributed by atoms with E-state index in [0.29, 0.717) is 0 Å². The summed E-state index contributed by atoms with van der Waals surface area (Å²) in [6.07, 6.45) is 0. The van der Waals surface area contributed by atoms with E-state index in [2.05, 4.69) is 5.32 Å². The SMILES string of the molecule is C[N]C(=O)N(C)C(F)F. The number of amides is 2. The summed E-state index contributed by atoms with van der Waals surface area (Å²) in [5.41, 5.74) is 0. The summed E-state index contributed by atoms with van der Waals surface area (Å²) < 4.78 is 23.0. The first kappa shape index (κ1) is 8.13. The normalized spacial score (nSPS) is 9.44. The minimum Gasteiger partial charge on any atom is -0.269 e. The van der Waals surface area contributed by atoms with Crippen LogP contribution in [0.1, 0.15) is 0 Å². The van der Waals surface area contributed by atoms with E-state index in [9.17, 15) is 13.6 Å². The van der Waals surface area contributed by atoms with Crippen molar-refractivity contribution in [2.75, 3.05) is 14.1 Å². The predicted octanol–water partition coefficient (Wildman–Crippen LogP) is 0.495. The maximum atomic E-state index is 11.5. The molecule has 0 spiro atoms. The second kappa shape index (κ2) is 3.21. The zero-order chi connectivity index (χ0) is 7.44. The van der Waals surface area contributed by atoms with Gasteiger partial charge in [-0.25, -0.2) is 10.1 Å². The van der Waals surface area contributed by atoms with Crippen molar-refractivity contribution in [2.45, 2.75) is 6.55 Å². The van der Waals surface area contributed by atoms with Gasteiger partial charge in [0.1, 0.15) is 0 Å². The molecule has 0 N–H and O–H groups in total. The Labute approximate surface area is 51.6 Å². The van der Waals surface area contributed by atoms with Crippen LogP contribution in [0.5, 0.6) is 0 Å². The van der Waals surface area contributed by atoms with Crippen molar-refractivity contribution < 1.29 is 13.6 Å². The lowest BCUT2D eigenvalue weighted by Gasteiger charge is -2.12. The first-order valence-corrected chi connectivity index (χ1v) is 2.24. The average Bonchev–Trinajstić information content (AvgIpc) is 1.84. The fourth-order valence-corrected chi connectivity index (χ4v) is 0.241. The van der Waals surface area contributed by atoms with Crippen LogP contribution < -0.4 is 5.32 Å². The van der Waals surface area contributed by atoms with Gasteiger partial charge in [0.25, 0.3) is 0 Å². The minimum absolute atomic E-state index is 0.250. The van der Waals surface area contributed by atoms with Gasteiger partial charge in [-0.05, 0) is 0 Å². The number of nitrogens with zero attached hydrogens (tertiary/aromatic N) is 2. The summed E-state index contributed by atoms with van der Waals surface area (Å²) in [5.74, 6) is 0. The molecule has 0 aliphatic rings. The fraction of sp³-hybridized carbons (Fsp3) is 0.750. The van der Waals surface area contributed by atoms with Gasteiger partial charge >= 0.3 is 12.6 Å². The number of hydrogen-bond acceptors (Lipinski definition) is 1. The van der Waals surface area contributed by atoms with Crippen LogP contribution in [0.2, 0.25) is 0 Å². The zero-order valence-electron chi connectivity index (χ0n) is 5.14. The van der Waals surface area contributed by atoms with E-state index in [1.165, 1.54) is 7.05 Å². The summed E-state index contributed by atoms with van der Waals surface area (Å²) in [7, 11) is 2.15. The molecule has 0 aliphatic carbocycles. The molecule has 1 radical (unpaired) electrons. The van der Waals surface area contributed by atoms with Crippen LogP contribution in [-0.4, -0.2) is 31.6 Å². The van der Waals surface area contributed by atoms with Gasteiger partial charge in [-0.15, -0.1) is 0 Å². The molecule has 0 rings (SSSR count). The Morgan fingerprint density at radius 1 is 1.67 bits per heavy atom. The molecular weight excluding hydrogens is 130 g/mol. The molecule has 0 fully saturated rings. The van der Waals surface area contributed by atoms with Crippen LogP contribution in [-0.2, 0) is 0 Å². The monoisotopic (exact) mass is 137 g/mol. The molecule has 5 heteroatoms. The van der Waals surface area contributed by atoms with Gasteiger partial charge in [0.2, 0.25) is 0 Å². The van der Waals surface area contributed by atoms with Gasteiger partial charge in [-0.1, -0.05) is 0 Å². The standard InChI is InChI=1S/C4H7F2N2O/c1-7-4(9)8(2)3(5)6/h3H,1-2H3. The molecule has 53 valence electrons. The van der Waals surface area contributed by atoms with E-state index >= 15 is 0 Å². The van der Waals surface area contributed by atoms with Crippen LogP contribution in [0.25, 0.3) is 0 Å². The van der Waals surface area contributed by atoms with Crippen molar-refractivity contribution in [1.82, 2.24) is 10.2 Å².